The first-order valence-electron chi connectivity index (χ1n) is 7.42. The lowest BCUT2D eigenvalue weighted by Crippen LogP contribution is -2.49. The number of alkyl halides is 3. The standard InChI is InChI=1S/C16H21F4NO/c1-10(17)14-8-21(13-5-3-12(19)4-6-13)9-22-16(14)7-15(20)11(2)18/h3-6,10-11,14-16H,7-9H2,1-2H3. The minimum Gasteiger partial charge on any atom is -0.357 e. The molecule has 1 fully saturated rings. The lowest BCUT2D eigenvalue weighted by molar-refractivity contribution is -0.0576. The van der Waals surface area contributed by atoms with Gasteiger partial charge in [0, 0.05) is 24.6 Å². The van der Waals surface area contributed by atoms with Crippen LogP contribution in [0.1, 0.15) is 20.3 Å². The molecule has 1 aromatic carbocycles. The highest BCUT2D eigenvalue weighted by atomic mass is 19.2. The molecular formula is C16H21F4NO. The second-order valence-electron chi connectivity index (χ2n) is 5.80. The predicted octanol–water partition coefficient (Wildman–Crippen LogP) is 4.05. The van der Waals surface area contributed by atoms with Crippen molar-refractivity contribution in [1.29, 1.82) is 0 Å². The summed E-state index contributed by atoms with van der Waals surface area (Å²) in [6.45, 7) is 3.00. The van der Waals surface area contributed by atoms with Crippen molar-refractivity contribution in [2.75, 3.05) is 18.2 Å². The van der Waals surface area contributed by atoms with Crippen LogP contribution in [0.4, 0.5) is 23.2 Å². The Kier molecular flexibility index (Phi) is 5.67. The second-order valence-corrected chi connectivity index (χ2v) is 5.80. The fraction of sp³-hybridized carbons (Fsp3) is 0.625. The van der Waals surface area contributed by atoms with Gasteiger partial charge in [-0.2, -0.15) is 0 Å². The van der Waals surface area contributed by atoms with Gasteiger partial charge in [-0.1, -0.05) is 0 Å². The van der Waals surface area contributed by atoms with Crippen LogP contribution in [-0.2, 0) is 4.74 Å². The van der Waals surface area contributed by atoms with E-state index in [1.807, 2.05) is 0 Å². The van der Waals surface area contributed by atoms with E-state index in [4.69, 9.17) is 4.74 Å². The van der Waals surface area contributed by atoms with Gasteiger partial charge in [0.2, 0.25) is 0 Å². The Bertz CT molecular complexity index is 466. The number of benzene rings is 1. The van der Waals surface area contributed by atoms with E-state index in [0.717, 1.165) is 6.92 Å². The summed E-state index contributed by atoms with van der Waals surface area (Å²) < 4.78 is 58.9. The van der Waals surface area contributed by atoms with Crippen molar-refractivity contribution in [1.82, 2.24) is 0 Å². The molecule has 0 aliphatic carbocycles. The molecule has 1 heterocycles. The number of ether oxygens (including phenoxy) is 1. The van der Waals surface area contributed by atoms with E-state index < -0.39 is 30.5 Å². The Labute approximate surface area is 128 Å². The average Bonchev–Trinajstić information content (AvgIpc) is 2.48. The molecule has 2 nitrogen and oxygen atoms in total. The molecular weight excluding hydrogens is 298 g/mol. The van der Waals surface area contributed by atoms with Crippen LogP contribution < -0.4 is 4.90 Å². The van der Waals surface area contributed by atoms with Crippen molar-refractivity contribution in [3.8, 4) is 0 Å². The Morgan fingerprint density at radius 1 is 1.18 bits per heavy atom. The van der Waals surface area contributed by atoms with Crippen LogP contribution in [0.2, 0.25) is 0 Å². The number of hydrogen-bond donors (Lipinski definition) is 0. The van der Waals surface area contributed by atoms with Gasteiger partial charge in [-0.15, -0.1) is 0 Å². The molecule has 1 aliphatic rings. The van der Waals surface area contributed by atoms with Gasteiger partial charge in [-0.3, -0.25) is 0 Å². The van der Waals surface area contributed by atoms with Gasteiger partial charge in [-0.25, -0.2) is 17.6 Å². The Morgan fingerprint density at radius 3 is 2.36 bits per heavy atom. The average molecular weight is 319 g/mol. The van der Waals surface area contributed by atoms with Crippen LogP contribution in [0.15, 0.2) is 24.3 Å². The van der Waals surface area contributed by atoms with Gasteiger partial charge in [-0.05, 0) is 38.1 Å². The first-order chi connectivity index (χ1) is 10.4. The first kappa shape index (κ1) is 17.1. The second kappa shape index (κ2) is 7.31. The van der Waals surface area contributed by atoms with Crippen molar-refractivity contribution < 1.29 is 22.3 Å². The minimum atomic E-state index is -1.66. The van der Waals surface area contributed by atoms with E-state index in [2.05, 4.69) is 0 Å². The van der Waals surface area contributed by atoms with Crippen LogP contribution in [0, 0.1) is 11.7 Å². The highest BCUT2D eigenvalue weighted by Crippen LogP contribution is 2.30. The third kappa shape index (κ3) is 4.12. The number of halogens is 4. The van der Waals surface area contributed by atoms with E-state index in [0.29, 0.717) is 12.2 Å². The van der Waals surface area contributed by atoms with Gasteiger partial charge < -0.3 is 9.64 Å². The van der Waals surface area contributed by atoms with Crippen molar-refractivity contribution in [2.45, 2.75) is 44.9 Å². The van der Waals surface area contributed by atoms with Crippen LogP contribution >= 0.6 is 0 Å². The maximum atomic E-state index is 13.9. The molecule has 0 N–H and O–H groups in total. The summed E-state index contributed by atoms with van der Waals surface area (Å²) in [4.78, 5) is 1.77. The van der Waals surface area contributed by atoms with Crippen LogP contribution in [0.5, 0.6) is 0 Å². The number of nitrogens with zero attached hydrogens (tertiary/aromatic N) is 1. The molecule has 5 atom stereocenters. The number of anilines is 1. The van der Waals surface area contributed by atoms with E-state index >= 15 is 0 Å². The zero-order chi connectivity index (χ0) is 16.3. The SMILES string of the molecule is CC(F)C(F)CC1OCN(c2ccc(F)cc2)CC1C(C)F. The highest BCUT2D eigenvalue weighted by Gasteiger charge is 2.36. The first-order valence-corrected chi connectivity index (χ1v) is 7.42. The molecule has 0 aromatic heterocycles. The molecule has 0 amide bonds. The Hall–Kier alpha value is -1.30. The predicted molar refractivity (Wildman–Crippen MR) is 77.6 cm³/mol. The molecule has 22 heavy (non-hydrogen) atoms. The molecule has 0 spiro atoms. The summed E-state index contributed by atoms with van der Waals surface area (Å²) in [5.41, 5.74) is 0.709. The molecule has 2 rings (SSSR count). The summed E-state index contributed by atoms with van der Waals surface area (Å²) >= 11 is 0. The van der Waals surface area contributed by atoms with Gasteiger partial charge in [0.1, 0.15) is 31.1 Å². The highest BCUT2D eigenvalue weighted by molar-refractivity contribution is 5.46. The van der Waals surface area contributed by atoms with Crippen molar-refractivity contribution in [2.24, 2.45) is 5.92 Å². The zero-order valence-corrected chi connectivity index (χ0v) is 12.7. The fourth-order valence-corrected chi connectivity index (χ4v) is 2.66. The molecule has 1 aromatic rings. The largest absolute Gasteiger partial charge is 0.357 e. The maximum absolute atomic E-state index is 13.9. The van der Waals surface area contributed by atoms with E-state index in [9.17, 15) is 17.6 Å². The summed E-state index contributed by atoms with van der Waals surface area (Å²) in [6.07, 6.45) is -5.30. The van der Waals surface area contributed by atoms with Gasteiger partial charge in [0.25, 0.3) is 0 Å². The monoisotopic (exact) mass is 319 g/mol. The molecule has 1 saturated heterocycles. The van der Waals surface area contributed by atoms with Crippen LogP contribution in [0.3, 0.4) is 0 Å². The Morgan fingerprint density at radius 2 is 1.82 bits per heavy atom. The molecule has 6 heteroatoms. The summed E-state index contributed by atoms with van der Waals surface area (Å²) in [6, 6.07) is 5.80. The normalized spacial score (nSPS) is 26.5. The van der Waals surface area contributed by atoms with Gasteiger partial charge >= 0.3 is 0 Å². The van der Waals surface area contributed by atoms with Crippen molar-refractivity contribution >= 4 is 5.69 Å². The van der Waals surface area contributed by atoms with Crippen LogP contribution in [-0.4, -0.2) is 37.9 Å². The van der Waals surface area contributed by atoms with Crippen LogP contribution in [0.25, 0.3) is 0 Å². The van der Waals surface area contributed by atoms with E-state index in [-0.39, 0.29) is 19.0 Å². The topological polar surface area (TPSA) is 12.5 Å². The molecule has 1 aliphatic heterocycles. The molecule has 5 unspecified atom stereocenters. The lowest BCUT2D eigenvalue weighted by Gasteiger charge is -2.41. The van der Waals surface area contributed by atoms with E-state index in [1.165, 1.54) is 19.1 Å². The van der Waals surface area contributed by atoms with Crippen molar-refractivity contribution in [3.05, 3.63) is 30.1 Å². The molecule has 0 radical (unpaired) electrons. The molecule has 124 valence electrons. The molecule has 0 bridgehead atoms. The summed E-state index contributed by atoms with van der Waals surface area (Å²) in [7, 11) is 0. The van der Waals surface area contributed by atoms with Crippen molar-refractivity contribution in [3.63, 3.8) is 0 Å². The zero-order valence-electron chi connectivity index (χ0n) is 12.7. The Balaban J connectivity index is 2.05. The fourth-order valence-electron chi connectivity index (χ4n) is 2.66. The summed E-state index contributed by atoms with van der Waals surface area (Å²) in [5.74, 6) is -0.914. The number of rotatable bonds is 5. The maximum Gasteiger partial charge on any atom is 0.133 e. The third-order valence-corrected chi connectivity index (χ3v) is 4.09. The molecule has 0 saturated carbocycles. The van der Waals surface area contributed by atoms with Gasteiger partial charge in [0.05, 0.1) is 6.10 Å². The summed E-state index contributed by atoms with van der Waals surface area (Å²) in [5, 5.41) is 0. The lowest BCUT2D eigenvalue weighted by atomic mass is 9.91. The van der Waals surface area contributed by atoms with E-state index in [1.54, 1.807) is 17.0 Å². The smallest absolute Gasteiger partial charge is 0.133 e. The number of hydrogen-bond acceptors (Lipinski definition) is 2. The third-order valence-electron chi connectivity index (χ3n) is 4.09. The van der Waals surface area contributed by atoms with Gasteiger partial charge in [0.15, 0.2) is 0 Å². The minimum absolute atomic E-state index is 0.146. The quantitative estimate of drug-likeness (QED) is 0.759.